The lowest BCUT2D eigenvalue weighted by molar-refractivity contribution is 0.102. The number of carbonyl (C=O) groups is 1. The van der Waals surface area contributed by atoms with Crippen LogP contribution in [0.25, 0.3) is 0 Å². The number of hydrogen-bond donors (Lipinski definition) is 1. The zero-order chi connectivity index (χ0) is 18.8. The minimum atomic E-state index is -0.213. The van der Waals surface area contributed by atoms with E-state index in [1.54, 1.807) is 18.2 Å². The number of thiazole rings is 1. The van der Waals surface area contributed by atoms with Crippen molar-refractivity contribution in [3.63, 3.8) is 0 Å². The predicted octanol–water partition coefficient (Wildman–Crippen LogP) is 4.83. The average Bonchev–Trinajstić information content (AvgIpc) is 3.00. The standard InChI is InChI=1S/C20H17BrN2O3S/c1-12-18(10-13-3-2-4-15(21)9-13)27-20(22-12)23-19(24)14-5-6-16-17(11-14)26-8-7-25-16/h2-6,9,11H,7-8,10H2,1H3,(H,22,23,24). The number of nitrogens with zero attached hydrogens (tertiary/aromatic N) is 1. The fraction of sp³-hybridized carbons (Fsp3) is 0.200. The van der Waals surface area contributed by atoms with Crippen LogP contribution in [0.1, 0.15) is 26.5 Å². The average molecular weight is 445 g/mol. The third-order valence-corrected chi connectivity index (χ3v) is 5.74. The summed E-state index contributed by atoms with van der Waals surface area (Å²) in [7, 11) is 0. The van der Waals surface area contributed by atoms with E-state index in [2.05, 4.69) is 38.4 Å². The molecule has 1 aliphatic heterocycles. The fourth-order valence-corrected chi connectivity index (χ4v) is 4.27. The molecule has 0 unspecified atom stereocenters. The van der Waals surface area contributed by atoms with E-state index in [0.29, 0.717) is 35.4 Å². The summed E-state index contributed by atoms with van der Waals surface area (Å²) in [5.41, 5.74) is 2.64. The molecular formula is C20H17BrN2O3S. The second kappa shape index (κ2) is 7.70. The van der Waals surface area contributed by atoms with Gasteiger partial charge in [-0.25, -0.2) is 4.98 Å². The third-order valence-electron chi connectivity index (χ3n) is 4.17. The number of amides is 1. The molecule has 5 nitrogen and oxygen atoms in total. The number of aryl methyl sites for hydroxylation is 1. The van der Waals surface area contributed by atoms with Crippen molar-refractivity contribution in [1.29, 1.82) is 0 Å². The normalized spacial score (nSPS) is 12.7. The third kappa shape index (κ3) is 4.14. The molecule has 1 amide bonds. The molecule has 138 valence electrons. The van der Waals surface area contributed by atoms with Crippen LogP contribution in [0.15, 0.2) is 46.9 Å². The summed E-state index contributed by atoms with van der Waals surface area (Å²) in [5.74, 6) is 1.05. The summed E-state index contributed by atoms with van der Waals surface area (Å²) in [6.07, 6.45) is 0.781. The number of nitrogens with one attached hydrogen (secondary N) is 1. The van der Waals surface area contributed by atoms with Gasteiger partial charge in [0.05, 0.1) is 5.69 Å². The number of benzene rings is 2. The van der Waals surface area contributed by atoms with Gasteiger partial charge in [0.25, 0.3) is 5.91 Å². The second-order valence-electron chi connectivity index (χ2n) is 6.15. The molecule has 0 atom stereocenters. The molecule has 0 saturated carbocycles. The predicted molar refractivity (Wildman–Crippen MR) is 109 cm³/mol. The Labute approximate surface area is 169 Å². The van der Waals surface area contributed by atoms with Gasteiger partial charge in [-0.15, -0.1) is 11.3 Å². The Morgan fingerprint density at radius 1 is 1.19 bits per heavy atom. The first-order chi connectivity index (χ1) is 13.1. The van der Waals surface area contributed by atoms with Gasteiger partial charge in [0, 0.05) is 21.3 Å². The fourth-order valence-electron chi connectivity index (χ4n) is 2.83. The van der Waals surface area contributed by atoms with Gasteiger partial charge in [-0.2, -0.15) is 0 Å². The molecule has 7 heteroatoms. The molecule has 1 N–H and O–H groups in total. The Morgan fingerprint density at radius 2 is 2.00 bits per heavy atom. The first kappa shape index (κ1) is 18.0. The van der Waals surface area contributed by atoms with Crippen molar-refractivity contribution in [2.75, 3.05) is 18.5 Å². The van der Waals surface area contributed by atoms with Crippen LogP contribution in [0.3, 0.4) is 0 Å². The monoisotopic (exact) mass is 444 g/mol. The van der Waals surface area contributed by atoms with Crippen molar-refractivity contribution in [3.8, 4) is 11.5 Å². The largest absolute Gasteiger partial charge is 0.486 e. The number of rotatable bonds is 4. The van der Waals surface area contributed by atoms with Gasteiger partial charge in [0.2, 0.25) is 0 Å². The van der Waals surface area contributed by atoms with E-state index in [4.69, 9.17) is 9.47 Å². The van der Waals surface area contributed by atoms with Gasteiger partial charge in [-0.05, 0) is 42.8 Å². The molecule has 2 aromatic carbocycles. The Bertz CT molecular complexity index is 1000. The quantitative estimate of drug-likeness (QED) is 0.625. The van der Waals surface area contributed by atoms with Crippen LogP contribution >= 0.6 is 27.3 Å². The number of anilines is 1. The van der Waals surface area contributed by atoms with Crippen LogP contribution in [0, 0.1) is 6.92 Å². The van der Waals surface area contributed by atoms with Crippen molar-refractivity contribution < 1.29 is 14.3 Å². The van der Waals surface area contributed by atoms with Crippen molar-refractivity contribution in [1.82, 2.24) is 4.98 Å². The highest BCUT2D eigenvalue weighted by molar-refractivity contribution is 9.10. The molecule has 0 aliphatic carbocycles. The molecule has 1 aliphatic rings. The minimum Gasteiger partial charge on any atom is -0.486 e. The van der Waals surface area contributed by atoms with E-state index in [1.165, 1.54) is 16.9 Å². The van der Waals surface area contributed by atoms with Crippen molar-refractivity contribution in [2.45, 2.75) is 13.3 Å². The number of halogens is 1. The summed E-state index contributed by atoms with van der Waals surface area (Å²) in [6, 6.07) is 13.4. The summed E-state index contributed by atoms with van der Waals surface area (Å²) >= 11 is 4.99. The number of fused-ring (bicyclic) bond motifs is 1. The molecule has 0 bridgehead atoms. The second-order valence-corrected chi connectivity index (χ2v) is 8.15. The Kier molecular flexibility index (Phi) is 5.13. The first-order valence-electron chi connectivity index (χ1n) is 8.50. The lowest BCUT2D eigenvalue weighted by atomic mass is 10.1. The van der Waals surface area contributed by atoms with Crippen LogP contribution in [0.4, 0.5) is 5.13 Å². The highest BCUT2D eigenvalue weighted by atomic mass is 79.9. The summed E-state index contributed by atoms with van der Waals surface area (Å²) in [6.45, 7) is 2.98. The van der Waals surface area contributed by atoms with Gasteiger partial charge in [0.1, 0.15) is 13.2 Å². The molecular weight excluding hydrogens is 428 g/mol. The van der Waals surface area contributed by atoms with E-state index < -0.39 is 0 Å². The highest BCUT2D eigenvalue weighted by Gasteiger charge is 2.17. The van der Waals surface area contributed by atoms with Gasteiger partial charge in [-0.3, -0.25) is 10.1 Å². The molecule has 4 rings (SSSR count). The zero-order valence-corrected chi connectivity index (χ0v) is 17.0. The molecule has 0 saturated heterocycles. The molecule has 0 fully saturated rings. The van der Waals surface area contributed by atoms with Crippen LogP contribution < -0.4 is 14.8 Å². The zero-order valence-electron chi connectivity index (χ0n) is 14.6. The SMILES string of the molecule is Cc1nc(NC(=O)c2ccc3c(c2)OCCO3)sc1Cc1cccc(Br)c1. The van der Waals surface area contributed by atoms with Crippen molar-refractivity contribution >= 4 is 38.3 Å². The maximum atomic E-state index is 12.6. The van der Waals surface area contributed by atoms with Gasteiger partial charge in [0.15, 0.2) is 16.6 Å². The smallest absolute Gasteiger partial charge is 0.257 e. The molecule has 2 heterocycles. The first-order valence-corrected chi connectivity index (χ1v) is 10.1. The van der Waals surface area contributed by atoms with Crippen LogP contribution in [-0.2, 0) is 6.42 Å². The van der Waals surface area contributed by atoms with Crippen LogP contribution in [-0.4, -0.2) is 24.1 Å². The van der Waals surface area contributed by atoms with E-state index in [1.807, 2.05) is 19.1 Å². The van der Waals surface area contributed by atoms with E-state index in [0.717, 1.165) is 21.5 Å². The molecule has 0 spiro atoms. The number of ether oxygens (including phenoxy) is 2. The van der Waals surface area contributed by atoms with Crippen LogP contribution in [0.5, 0.6) is 11.5 Å². The van der Waals surface area contributed by atoms with E-state index in [-0.39, 0.29) is 5.91 Å². The lowest BCUT2D eigenvalue weighted by Crippen LogP contribution is -2.17. The molecule has 1 aromatic heterocycles. The topological polar surface area (TPSA) is 60.5 Å². The van der Waals surface area contributed by atoms with Crippen molar-refractivity contribution in [3.05, 3.63) is 68.6 Å². The lowest BCUT2D eigenvalue weighted by Gasteiger charge is -2.18. The van der Waals surface area contributed by atoms with Crippen LogP contribution in [0.2, 0.25) is 0 Å². The summed E-state index contributed by atoms with van der Waals surface area (Å²) in [5, 5.41) is 3.48. The van der Waals surface area contributed by atoms with Gasteiger partial charge < -0.3 is 9.47 Å². The summed E-state index contributed by atoms with van der Waals surface area (Å²) in [4.78, 5) is 18.2. The van der Waals surface area contributed by atoms with Gasteiger partial charge >= 0.3 is 0 Å². The number of hydrogen-bond acceptors (Lipinski definition) is 5. The maximum absolute atomic E-state index is 12.6. The van der Waals surface area contributed by atoms with E-state index >= 15 is 0 Å². The Hall–Kier alpha value is -2.38. The number of carbonyl (C=O) groups excluding carboxylic acids is 1. The molecule has 27 heavy (non-hydrogen) atoms. The highest BCUT2D eigenvalue weighted by Crippen LogP contribution is 2.31. The van der Waals surface area contributed by atoms with Crippen molar-refractivity contribution in [2.24, 2.45) is 0 Å². The number of aromatic nitrogens is 1. The Morgan fingerprint density at radius 3 is 2.81 bits per heavy atom. The van der Waals surface area contributed by atoms with Gasteiger partial charge in [-0.1, -0.05) is 28.1 Å². The Balaban J connectivity index is 1.49. The summed E-state index contributed by atoms with van der Waals surface area (Å²) < 4.78 is 12.1. The molecule has 0 radical (unpaired) electrons. The van der Waals surface area contributed by atoms with E-state index in [9.17, 15) is 4.79 Å². The molecule has 3 aromatic rings. The maximum Gasteiger partial charge on any atom is 0.257 e. The minimum absolute atomic E-state index is 0.213.